The van der Waals surface area contributed by atoms with Gasteiger partial charge in [0.15, 0.2) is 11.8 Å². The first kappa shape index (κ1) is 32.5. The Kier molecular flexibility index (Phi) is 11.6. The highest BCUT2D eigenvalue weighted by Crippen LogP contribution is 2.31. The summed E-state index contributed by atoms with van der Waals surface area (Å²) in [4.78, 5) is 37.7. The highest BCUT2D eigenvalue weighted by Gasteiger charge is 2.35. The molecule has 9 heteroatoms. The first-order valence-corrected chi connectivity index (χ1v) is 16.0. The molecule has 0 bridgehead atoms. The number of nitrogens with one attached hydrogen (secondary N) is 2. The monoisotopic (exact) mass is 603 g/mol. The number of thioether (sulfide) groups is 1. The van der Waals surface area contributed by atoms with Crippen LogP contribution in [-0.2, 0) is 16.0 Å². The number of aryl methyl sites for hydroxylation is 2. The van der Waals surface area contributed by atoms with Gasteiger partial charge in [-0.05, 0) is 89.6 Å². The molecule has 3 atom stereocenters. The van der Waals surface area contributed by atoms with E-state index < -0.39 is 0 Å². The molecule has 2 aromatic carbocycles. The maximum absolute atomic E-state index is 13.5. The van der Waals surface area contributed by atoms with E-state index in [0.29, 0.717) is 25.8 Å². The van der Waals surface area contributed by atoms with Crippen molar-refractivity contribution in [3.8, 4) is 5.75 Å². The quantitative estimate of drug-likeness (QED) is 0.277. The third-order valence-corrected chi connectivity index (χ3v) is 8.67. The van der Waals surface area contributed by atoms with E-state index in [1.165, 1.54) is 0 Å². The summed E-state index contributed by atoms with van der Waals surface area (Å²) in [5.74, 6) is 0.646. The average molecular weight is 604 g/mol. The molecule has 0 unspecified atom stereocenters. The van der Waals surface area contributed by atoms with E-state index in [1.54, 1.807) is 24.2 Å². The molecule has 0 spiro atoms. The molecule has 4 rings (SSSR count). The van der Waals surface area contributed by atoms with E-state index in [-0.39, 0.29) is 41.3 Å². The van der Waals surface area contributed by atoms with Gasteiger partial charge in [0.2, 0.25) is 5.91 Å². The van der Waals surface area contributed by atoms with E-state index in [1.807, 2.05) is 77.1 Å². The number of aromatic nitrogens is 2. The van der Waals surface area contributed by atoms with Crippen molar-refractivity contribution in [3.63, 3.8) is 0 Å². The highest BCUT2D eigenvalue weighted by atomic mass is 32.2. The average Bonchev–Trinajstić information content (AvgIpc) is 2.96. The third-order valence-electron chi connectivity index (χ3n) is 7.49. The number of amides is 2. The first-order valence-electron chi connectivity index (χ1n) is 15.1. The molecule has 2 N–H and O–H groups in total. The number of para-hydroxylation sites is 1. The van der Waals surface area contributed by atoms with Gasteiger partial charge >= 0.3 is 0 Å². The minimum Gasteiger partial charge on any atom is -0.483 e. The Labute approximate surface area is 260 Å². The third kappa shape index (κ3) is 10.4. The zero-order valence-corrected chi connectivity index (χ0v) is 26.8. The number of piperidine rings is 1. The van der Waals surface area contributed by atoms with Crippen LogP contribution in [0, 0.1) is 13.8 Å². The van der Waals surface area contributed by atoms with Crippen molar-refractivity contribution in [1.29, 1.82) is 0 Å². The molecule has 2 heterocycles. The van der Waals surface area contributed by atoms with Gasteiger partial charge in [-0.15, -0.1) is 0 Å². The molecule has 0 saturated carbocycles. The second-order valence-corrected chi connectivity index (χ2v) is 13.6. The normalized spacial score (nSPS) is 18.1. The summed E-state index contributed by atoms with van der Waals surface area (Å²) in [7, 11) is 0. The van der Waals surface area contributed by atoms with Crippen molar-refractivity contribution < 1.29 is 14.3 Å². The number of ether oxygens (including phenoxy) is 1. The van der Waals surface area contributed by atoms with E-state index >= 15 is 0 Å². The van der Waals surface area contributed by atoms with Crippen LogP contribution >= 0.6 is 11.8 Å². The van der Waals surface area contributed by atoms with Gasteiger partial charge in [0.05, 0.1) is 6.04 Å². The molecular weight excluding hydrogens is 558 g/mol. The minimum absolute atomic E-state index is 0.0393. The fraction of sp³-hybridized carbons (Fsp3) is 0.471. The van der Waals surface area contributed by atoms with Crippen LogP contribution in [-0.4, -0.2) is 69.3 Å². The molecule has 0 radical (unpaired) electrons. The maximum Gasteiger partial charge on any atom is 0.258 e. The summed E-state index contributed by atoms with van der Waals surface area (Å²) in [6.07, 6.45) is 6.56. The predicted molar refractivity (Wildman–Crippen MR) is 172 cm³/mol. The number of nitrogens with zero attached hydrogens (tertiary/aromatic N) is 3. The van der Waals surface area contributed by atoms with Crippen LogP contribution < -0.4 is 15.4 Å². The fourth-order valence-corrected chi connectivity index (χ4v) is 6.50. The molecule has 1 aliphatic rings. The maximum atomic E-state index is 13.5. The molecule has 1 fully saturated rings. The second-order valence-electron chi connectivity index (χ2n) is 12.3. The summed E-state index contributed by atoms with van der Waals surface area (Å²) < 4.78 is 5.94. The Morgan fingerprint density at radius 2 is 1.72 bits per heavy atom. The van der Waals surface area contributed by atoms with Crippen molar-refractivity contribution in [1.82, 2.24) is 25.5 Å². The Bertz CT molecular complexity index is 1310. The van der Waals surface area contributed by atoms with Gasteiger partial charge in [0.1, 0.15) is 5.75 Å². The largest absolute Gasteiger partial charge is 0.483 e. The zero-order valence-electron chi connectivity index (χ0n) is 26.0. The van der Waals surface area contributed by atoms with Gasteiger partial charge in [0.25, 0.3) is 5.91 Å². The number of hydrogen-bond acceptors (Lipinski definition) is 7. The highest BCUT2D eigenvalue weighted by molar-refractivity contribution is 7.99. The lowest BCUT2D eigenvalue weighted by Crippen LogP contribution is -2.56. The first-order chi connectivity index (χ1) is 20.6. The lowest BCUT2D eigenvalue weighted by Gasteiger charge is -2.40. The number of benzene rings is 2. The van der Waals surface area contributed by atoms with Crippen molar-refractivity contribution in [3.05, 3.63) is 83.7 Å². The molecule has 43 heavy (non-hydrogen) atoms. The van der Waals surface area contributed by atoms with Gasteiger partial charge in [-0.2, -0.15) is 0 Å². The van der Waals surface area contributed by atoms with Crippen molar-refractivity contribution in [2.24, 2.45) is 0 Å². The van der Waals surface area contributed by atoms with Crippen LogP contribution in [0.5, 0.6) is 5.75 Å². The summed E-state index contributed by atoms with van der Waals surface area (Å²) >= 11 is 1.65. The van der Waals surface area contributed by atoms with Crippen LogP contribution in [0.1, 0.15) is 56.7 Å². The van der Waals surface area contributed by atoms with Crippen molar-refractivity contribution in [2.75, 3.05) is 19.7 Å². The Morgan fingerprint density at radius 1 is 1.02 bits per heavy atom. The molecule has 0 aliphatic carbocycles. The topological polar surface area (TPSA) is 96.4 Å². The van der Waals surface area contributed by atoms with Crippen LogP contribution in [0.4, 0.5) is 0 Å². The number of carbonyl (C=O) groups is 2. The Balaban J connectivity index is 1.43. The van der Waals surface area contributed by atoms with Gasteiger partial charge in [0, 0.05) is 35.8 Å². The number of likely N-dealkylation sites (tertiary alicyclic amines) is 1. The molecular formula is C34H45N5O3S. The van der Waals surface area contributed by atoms with Crippen molar-refractivity contribution in [2.45, 2.75) is 88.3 Å². The van der Waals surface area contributed by atoms with Crippen molar-refractivity contribution >= 4 is 23.6 Å². The summed E-state index contributed by atoms with van der Waals surface area (Å²) in [6.45, 7) is 11.4. The summed E-state index contributed by atoms with van der Waals surface area (Å²) in [5.41, 5.74) is 2.84. The van der Waals surface area contributed by atoms with Gasteiger partial charge in [-0.3, -0.25) is 14.5 Å². The van der Waals surface area contributed by atoms with E-state index in [4.69, 9.17) is 4.74 Å². The molecule has 1 aliphatic heterocycles. The second kappa shape index (κ2) is 15.3. The van der Waals surface area contributed by atoms with Crippen LogP contribution in [0.15, 0.2) is 72.1 Å². The fourth-order valence-electron chi connectivity index (χ4n) is 5.46. The lowest BCUT2D eigenvalue weighted by atomic mass is 9.97. The molecule has 1 saturated heterocycles. The van der Waals surface area contributed by atoms with E-state index in [9.17, 15) is 9.59 Å². The predicted octanol–water partition coefficient (Wildman–Crippen LogP) is 5.13. The molecule has 3 aromatic rings. The van der Waals surface area contributed by atoms with Crippen LogP contribution in [0.25, 0.3) is 0 Å². The van der Waals surface area contributed by atoms with Gasteiger partial charge < -0.3 is 15.4 Å². The zero-order chi connectivity index (χ0) is 30.8. The lowest BCUT2D eigenvalue weighted by molar-refractivity contribution is -0.129. The minimum atomic E-state index is -0.329. The van der Waals surface area contributed by atoms with Gasteiger partial charge in [-0.25, -0.2) is 9.97 Å². The SMILES string of the molecule is Cc1cccc(C)c1OCC(=O)N[C@H](CCN1CC[C@@H](Sc2ncccn2)C[C@H]1C(=O)NC(C)(C)C)Cc1ccccc1. The van der Waals surface area contributed by atoms with E-state index in [2.05, 4.69) is 37.6 Å². The summed E-state index contributed by atoms with van der Waals surface area (Å²) in [6, 6.07) is 17.6. The Hall–Kier alpha value is -3.43. The molecule has 8 nitrogen and oxygen atoms in total. The standard InChI is InChI=1S/C34H45N5O3S/c1-24-11-9-12-25(2)31(24)42-23-30(40)37-27(21-26-13-7-6-8-14-26)15-19-39-20-16-28(43-33-35-17-10-18-36-33)22-29(39)32(41)38-34(3,4)5/h6-14,17-18,27-29H,15-16,19-23H2,1-5H3,(H,37,40)(H,38,41)/t27-,28-,29+/m1/s1. The molecule has 2 amide bonds. The van der Waals surface area contributed by atoms with E-state index in [0.717, 1.165) is 40.6 Å². The number of carbonyl (C=O) groups excluding carboxylic acids is 2. The Morgan fingerprint density at radius 3 is 2.40 bits per heavy atom. The number of rotatable bonds is 12. The summed E-state index contributed by atoms with van der Waals surface area (Å²) in [5, 5.41) is 7.41. The van der Waals surface area contributed by atoms with Crippen LogP contribution in [0.3, 0.4) is 0 Å². The molecule has 230 valence electrons. The van der Waals surface area contributed by atoms with Crippen LogP contribution in [0.2, 0.25) is 0 Å². The number of hydrogen-bond donors (Lipinski definition) is 2. The smallest absolute Gasteiger partial charge is 0.258 e. The van der Waals surface area contributed by atoms with Gasteiger partial charge in [-0.1, -0.05) is 60.3 Å². The molecule has 1 aromatic heterocycles.